The molecule has 3 aromatic rings. The van der Waals surface area contributed by atoms with Crippen LogP contribution in [0.1, 0.15) is 33.3 Å². The minimum atomic E-state index is -4.43. The number of carbonyl (C=O) groups excluding carboxylic acids is 2. The summed E-state index contributed by atoms with van der Waals surface area (Å²) in [5.41, 5.74) is -0.471. The summed E-state index contributed by atoms with van der Waals surface area (Å²) in [5.74, 6) is -1.87. The predicted octanol–water partition coefficient (Wildman–Crippen LogP) is 4.26. The average molecular weight is 602 g/mol. The van der Waals surface area contributed by atoms with E-state index < -0.39 is 51.6 Å². The Balaban J connectivity index is 1.73. The van der Waals surface area contributed by atoms with Crippen molar-refractivity contribution in [2.75, 3.05) is 24.1 Å². The lowest BCUT2D eigenvalue weighted by Crippen LogP contribution is -2.54. The van der Waals surface area contributed by atoms with Gasteiger partial charge >= 0.3 is 0 Å². The zero-order valence-corrected chi connectivity index (χ0v) is 24.6. The Labute approximate surface area is 244 Å². The Bertz CT molecular complexity index is 1560. The SMILES string of the molecule is CC(C(=O)NC(C)(C)C)N(Cc1ccccc1F)C(=O)CN(c1ccc(F)cc1)S(=O)(=O)c1ccc2c(c1)OCCO2. The van der Waals surface area contributed by atoms with Crippen molar-refractivity contribution < 1.29 is 36.3 Å². The molecule has 1 N–H and O–H groups in total. The first-order chi connectivity index (χ1) is 19.8. The molecule has 1 aliphatic rings. The molecule has 1 aliphatic heterocycles. The van der Waals surface area contributed by atoms with Gasteiger partial charge in [0, 0.05) is 23.7 Å². The van der Waals surface area contributed by atoms with E-state index in [1.165, 1.54) is 55.5 Å². The molecule has 0 saturated heterocycles. The van der Waals surface area contributed by atoms with Crippen molar-refractivity contribution in [3.63, 3.8) is 0 Å². The van der Waals surface area contributed by atoms with E-state index in [0.717, 1.165) is 21.3 Å². The van der Waals surface area contributed by atoms with Crippen LogP contribution in [0.4, 0.5) is 14.5 Å². The summed E-state index contributed by atoms with van der Waals surface area (Å²) in [6.07, 6.45) is 0. The Kier molecular flexibility index (Phi) is 9.05. The number of halogens is 2. The van der Waals surface area contributed by atoms with Gasteiger partial charge in [-0.2, -0.15) is 0 Å². The van der Waals surface area contributed by atoms with Crippen molar-refractivity contribution in [3.8, 4) is 11.5 Å². The number of amides is 2. The predicted molar refractivity (Wildman–Crippen MR) is 153 cm³/mol. The largest absolute Gasteiger partial charge is 0.486 e. The fourth-order valence-electron chi connectivity index (χ4n) is 4.31. The third kappa shape index (κ3) is 7.17. The van der Waals surface area contributed by atoms with Gasteiger partial charge in [0.25, 0.3) is 10.0 Å². The second-order valence-corrected chi connectivity index (χ2v) is 12.7. The van der Waals surface area contributed by atoms with Gasteiger partial charge < -0.3 is 19.7 Å². The molecular weight excluding hydrogens is 568 g/mol. The van der Waals surface area contributed by atoms with Crippen LogP contribution in [-0.2, 0) is 26.2 Å². The maximum atomic E-state index is 14.7. The summed E-state index contributed by atoms with van der Waals surface area (Å²) in [7, 11) is -4.43. The maximum Gasteiger partial charge on any atom is 0.264 e. The van der Waals surface area contributed by atoms with E-state index in [9.17, 15) is 26.8 Å². The first kappa shape index (κ1) is 30.8. The number of nitrogens with one attached hydrogen (secondary N) is 1. The molecule has 0 saturated carbocycles. The van der Waals surface area contributed by atoms with Crippen LogP contribution in [0, 0.1) is 11.6 Å². The number of carbonyl (C=O) groups is 2. The number of anilines is 1. The zero-order chi connectivity index (χ0) is 30.7. The summed E-state index contributed by atoms with van der Waals surface area (Å²) >= 11 is 0. The third-order valence-electron chi connectivity index (χ3n) is 6.46. The molecule has 1 atom stereocenters. The molecule has 1 unspecified atom stereocenters. The third-order valence-corrected chi connectivity index (χ3v) is 8.23. The molecular formula is C30H33F2N3O6S. The van der Waals surface area contributed by atoms with E-state index in [4.69, 9.17) is 9.47 Å². The van der Waals surface area contributed by atoms with Crippen LogP contribution < -0.4 is 19.1 Å². The van der Waals surface area contributed by atoms with Gasteiger partial charge in [0.15, 0.2) is 11.5 Å². The van der Waals surface area contributed by atoms with E-state index >= 15 is 0 Å². The van der Waals surface area contributed by atoms with Crippen LogP contribution in [0.2, 0.25) is 0 Å². The average Bonchev–Trinajstić information content (AvgIpc) is 2.94. The Morgan fingerprint density at radius 2 is 1.60 bits per heavy atom. The monoisotopic (exact) mass is 601 g/mol. The molecule has 4 rings (SSSR count). The number of ether oxygens (including phenoxy) is 2. The van der Waals surface area contributed by atoms with Crippen molar-refractivity contribution in [2.45, 2.75) is 50.7 Å². The molecule has 2 amide bonds. The number of fused-ring (bicyclic) bond motifs is 1. The summed E-state index contributed by atoms with van der Waals surface area (Å²) in [6, 6.07) is 13.4. The van der Waals surface area contributed by atoms with Gasteiger partial charge in [-0.1, -0.05) is 18.2 Å². The summed E-state index contributed by atoms with van der Waals surface area (Å²) in [4.78, 5) is 28.0. The molecule has 0 aromatic heterocycles. The summed E-state index contributed by atoms with van der Waals surface area (Å²) in [6.45, 7) is 6.29. The molecule has 9 nitrogen and oxygen atoms in total. The number of nitrogens with zero attached hydrogens (tertiary/aromatic N) is 2. The van der Waals surface area contributed by atoms with Crippen LogP contribution >= 0.6 is 0 Å². The first-order valence-electron chi connectivity index (χ1n) is 13.3. The van der Waals surface area contributed by atoms with E-state index in [-0.39, 0.29) is 35.0 Å². The fourth-order valence-corrected chi connectivity index (χ4v) is 5.74. The van der Waals surface area contributed by atoms with Crippen molar-refractivity contribution in [2.24, 2.45) is 0 Å². The van der Waals surface area contributed by atoms with Crippen LogP contribution in [0.3, 0.4) is 0 Å². The first-order valence-corrected chi connectivity index (χ1v) is 14.7. The number of benzene rings is 3. The van der Waals surface area contributed by atoms with E-state index in [1.54, 1.807) is 26.8 Å². The van der Waals surface area contributed by atoms with E-state index in [2.05, 4.69) is 5.32 Å². The lowest BCUT2D eigenvalue weighted by molar-refractivity contribution is -0.140. The topological polar surface area (TPSA) is 105 Å². The number of sulfonamides is 1. The second kappa shape index (κ2) is 12.4. The van der Waals surface area contributed by atoms with Crippen LogP contribution in [0.15, 0.2) is 71.6 Å². The van der Waals surface area contributed by atoms with Crippen molar-refractivity contribution in [3.05, 3.63) is 83.9 Å². The van der Waals surface area contributed by atoms with Crippen LogP contribution in [0.5, 0.6) is 11.5 Å². The maximum absolute atomic E-state index is 14.7. The highest BCUT2D eigenvalue weighted by molar-refractivity contribution is 7.92. The van der Waals surface area contributed by atoms with Gasteiger partial charge in [-0.3, -0.25) is 13.9 Å². The van der Waals surface area contributed by atoms with Crippen molar-refractivity contribution >= 4 is 27.5 Å². The highest BCUT2D eigenvalue weighted by atomic mass is 32.2. The van der Waals surface area contributed by atoms with Gasteiger partial charge in [0.2, 0.25) is 11.8 Å². The van der Waals surface area contributed by atoms with Gasteiger partial charge in [-0.25, -0.2) is 17.2 Å². The molecule has 3 aromatic carbocycles. The molecule has 1 heterocycles. The van der Waals surface area contributed by atoms with E-state index in [1.807, 2.05) is 0 Å². The molecule has 0 bridgehead atoms. The molecule has 42 heavy (non-hydrogen) atoms. The quantitative estimate of drug-likeness (QED) is 0.393. The van der Waals surface area contributed by atoms with Gasteiger partial charge in [0.1, 0.15) is 37.4 Å². The van der Waals surface area contributed by atoms with E-state index in [0.29, 0.717) is 12.4 Å². The number of rotatable bonds is 9. The van der Waals surface area contributed by atoms with Gasteiger partial charge in [-0.15, -0.1) is 0 Å². The molecule has 12 heteroatoms. The Morgan fingerprint density at radius 1 is 0.952 bits per heavy atom. The second-order valence-electron chi connectivity index (χ2n) is 10.8. The minimum absolute atomic E-state index is 0.0114. The van der Waals surface area contributed by atoms with Crippen LogP contribution in [0.25, 0.3) is 0 Å². The fraction of sp³-hybridized carbons (Fsp3) is 0.333. The zero-order valence-electron chi connectivity index (χ0n) is 23.8. The van der Waals surface area contributed by atoms with Crippen molar-refractivity contribution in [1.29, 1.82) is 0 Å². The number of hydrogen-bond acceptors (Lipinski definition) is 6. The number of hydrogen-bond donors (Lipinski definition) is 1. The Morgan fingerprint density at radius 3 is 2.24 bits per heavy atom. The lowest BCUT2D eigenvalue weighted by atomic mass is 10.1. The minimum Gasteiger partial charge on any atom is -0.486 e. The molecule has 0 aliphatic carbocycles. The Hall–Kier alpha value is -4.19. The van der Waals surface area contributed by atoms with Gasteiger partial charge in [-0.05, 0) is 70.2 Å². The summed E-state index contributed by atoms with van der Waals surface area (Å²) < 4.78 is 68.3. The normalized spacial score (nSPS) is 13.7. The summed E-state index contributed by atoms with van der Waals surface area (Å²) in [5, 5.41) is 2.81. The highest BCUT2D eigenvalue weighted by Gasteiger charge is 2.34. The lowest BCUT2D eigenvalue weighted by Gasteiger charge is -2.33. The van der Waals surface area contributed by atoms with Crippen molar-refractivity contribution in [1.82, 2.24) is 10.2 Å². The van der Waals surface area contributed by atoms with Crippen LogP contribution in [-0.4, -0.2) is 56.5 Å². The molecule has 0 fully saturated rings. The standard InChI is InChI=1S/C30H33F2N3O6S/c1-20(29(37)33-30(2,3)4)34(18-21-7-5-6-8-25(21)32)28(36)19-35(23-11-9-22(31)10-12-23)42(38,39)24-13-14-26-27(17-24)41-16-15-40-26/h5-14,17,20H,15-16,18-19H2,1-4H3,(H,33,37). The molecule has 0 spiro atoms. The highest BCUT2D eigenvalue weighted by Crippen LogP contribution is 2.34. The molecule has 0 radical (unpaired) electrons. The molecule has 224 valence electrons. The smallest absolute Gasteiger partial charge is 0.264 e. The van der Waals surface area contributed by atoms with Gasteiger partial charge in [0.05, 0.1) is 10.6 Å².